The Morgan fingerprint density at radius 2 is 1.55 bits per heavy atom. The zero-order valence-electron chi connectivity index (χ0n) is 19.0. The summed E-state index contributed by atoms with van der Waals surface area (Å²) in [5.74, 6) is 2.23. The van der Waals surface area contributed by atoms with Crippen LogP contribution in [0.5, 0.6) is 23.0 Å². The van der Waals surface area contributed by atoms with E-state index in [0.717, 1.165) is 24.0 Å². The molecule has 2 rings (SSSR count). The summed E-state index contributed by atoms with van der Waals surface area (Å²) in [4.78, 5) is 11.4. The predicted molar refractivity (Wildman–Crippen MR) is 118 cm³/mol. The summed E-state index contributed by atoms with van der Waals surface area (Å²) in [7, 11) is 1.56. The molecule has 158 valence electrons. The highest BCUT2D eigenvalue weighted by Crippen LogP contribution is 2.44. The third-order valence-corrected chi connectivity index (χ3v) is 4.72. The lowest BCUT2D eigenvalue weighted by Crippen LogP contribution is -2.17. The normalized spacial score (nSPS) is 11.9. The summed E-state index contributed by atoms with van der Waals surface area (Å²) in [6, 6.07) is 9.67. The van der Waals surface area contributed by atoms with Crippen molar-refractivity contribution in [3.63, 3.8) is 0 Å². The molecule has 0 saturated heterocycles. The zero-order valence-corrected chi connectivity index (χ0v) is 19.0. The molecule has 0 aliphatic rings. The van der Waals surface area contributed by atoms with Crippen LogP contribution < -0.4 is 14.2 Å². The molecule has 0 N–H and O–H groups in total. The molecule has 0 bridgehead atoms. The summed E-state index contributed by atoms with van der Waals surface area (Å²) in [5, 5.41) is 0. The molecule has 0 saturated carbocycles. The first-order chi connectivity index (χ1) is 13.5. The second-order valence-corrected chi connectivity index (χ2v) is 9.33. The lowest BCUT2D eigenvalue weighted by atomic mass is 9.80. The van der Waals surface area contributed by atoms with Crippen LogP contribution in [-0.4, -0.2) is 20.0 Å². The molecule has 4 nitrogen and oxygen atoms in total. The van der Waals surface area contributed by atoms with Crippen LogP contribution in [0, 0.1) is 0 Å². The highest BCUT2D eigenvalue weighted by atomic mass is 16.5. The van der Waals surface area contributed by atoms with E-state index in [1.54, 1.807) is 19.2 Å². The molecule has 0 aromatic heterocycles. The van der Waals surface area contributed by atoms with Gasteiger partial charge in [-0.3, -0.25) is 4.79 Å². The van der Waals surface area contributed by atoms with Crippen LogP contribution >= 0.6 is 0 Å². The van der Waals surface area contributed by atoms with Gasteiger partial charge in [-0.15, -0.1) is 0 Å². The Hall–Kier alpha value is -2.49. The molecule has 0 amide bonds. The molecule has 4 heteroatoms. The summed E-state index contributed by atoms with van der Waals surface area (Å²) in [6.07, 6.45) is 1.64. The van der Waals surface area contributed by atoms with Gasteiger partial charge in [-0.1, -0.05) is 60.6 Å². The number of carbonyl (C=O) groups is 1. The predicted octanol–water partition coefficient (Wildman–Crippen LogP) is 6.68. The fourth-order valence-electron chi connectivity index (χ4n) is 3.03. The number of ether oxygens (including phenoxy) is 3. The fraction of sp³-hybridized carbons (Fsp3) is 0.480. The van der Waals surface area contributed by atoms with Crippen LogP contribution in [0.3, 0.4) is 0 Å². The third kappa shape index (κ3) is 5.53. The number of benzene rings is 2. The average molecular weight is 399 g/mol. The third-order valence-electron chi connectivity index (χ3n) is 4.72. The maximum absolute atomic E-state index is 11.4. The average Bonchev–Trinajstić information content (AvgIpc) is 2.64. The SMILES string of the molecule is CCCOc1c(OC)cc(C=O)cc1Oc1ccc(C(C)(C)C)cc1C(C)(C)C. The maximum atomic E-state index is 11.4. The van der Waals surface area contributed by atoms with Gasteiger partial charge >= 0.3 is 0 Å². The minimum atomic E-state index is -0.118. The van der Waals surface area contributed by atoms with Crippen LogP contribution in [0.4, 0.5) is 0 Å². The molecule has 0 aliphatic carbocycles. The first-order valence-electron chi connectivity index (χ1n) is 10.1. The van der Waals surface area contributed by atoms with Crippen LogP contribution in [0.15, 0.2) is 30.3 Å². The topological polar surface area (TPSA) is 44.8 Å². The van der Waals surface area contributed by atoms with Gasteiger partial charge in [0.1, 0.15) is 12.0 Å². The molecule has 0 fully saturated rings. The van der Waals surface area contributed by atoms with Gasteiger partial charge in [0.05, 0.1) is 13.7 Å². The Kier molecular flexibility index (Phi) is 6.99. The van der Waals surface area contributed by atoms with Crippen LogP contribution in [0.25, 0.3) is 0 Å². The molecular formula is C25H34O4. The molecule has 29 heavy (non-hydrogen) atoms. The second kappa shape index (κ2) is 8.89. The van der Waals surface area contributed by atoms with Gasteiger partial charge in [0.2, 0.25) is 5.75 Å². The van der Waals surface area contributed by atoms with Crippen LogP contribution in [-0.2, 0) is 10.8 Å². The van der Waals surface area contributed by atoms with Gasteiger partial charge in [0.15, 0.2) is 11.5 Å². The van der Waals surface area contributed by atoms with E-state index < -0.39 is 0 Å². The van der Waals surface area contributed by atoms with Gasteiger partial charge < -0.3 is 14.2 Å². The minimum Gasteiger partial charge on any atom is -0.493 e. The number of hydrogen-bond donors (Lipinski definition) is 0. The van der Waals surface area contributed by atoms with E-state index in [-0.39, 0.29) is 10.8 Å². The molecule has 0 heterocycles. The van der Waals surface area contributed by atoms with Crippen molar-refractivity contribution >= 4 is 6.29 Å². The monoisotopic (exact) mass is 398 g/mol. The number of carbonyl (C=O) groups excluding carboxylic acids is 1. The zero-order chi connectivity index (χ0) is 21.8. The highest BCUT2D eigenvalue weighted by molar-refractivity contribution is 5.78. The van der Waals surface area contributed by atoms with Crippen molar-refractivity contribution < 1.29 is 19.0 Å². The summed E-state index contributed by atoms with van der Waals surface area (Å²) >= 11 is 0. The molecule has 2 aromatic carbocycles. The Balaban J connectivity index is 2.61. The molecule has 0 unspecified atom stereocenters. The lowest BCUT2D eigenvalue weighted by molar-refractivity contribution is 0.112. The largest absolute Gasteiger partial charge is 0.493 e. The Bertz CT molecular complexity index is 854. The molecule has 0 aliphatic heterocycles. The summed E-state index contributed by atoms with van der Waals surface area (Å²) in [5.41, 5.74) is 2.74. The van der Waals surface area contributed by atoms with E-state index in [4.69, 9.17) is 14.2 Å². The number of methoxy groups -OCH3 is 1. The van der Waals surface area contributed by atoms with E-state index in [2.05, 4.69) is 53.7 Å². The van der Waals surface area contributed by atoms with E-state index >= 15 is 0 Å². The first-order valence-corrected chi connectivity index (χ1v) is 10.1. The first kappa shape index (κ1) is 22.8. The van der Waals surface area contributed by atoms with Crippen molar-refractivity contribution in [1.82, 2.24) is 0 Å². The van der Waals surface area contributed by atoms with Gasteiger partial charge in [0, 0.05) is 11.1 Å². The van der Waals surface area contributed by atoms with Crippen LogP contribution in [0.1, 0.15) is 76.4 Å². The van der Waals surface area contributed by atoms with Crippen LogP contribution in [0.2, 0.25) is 0 Å². The second-order valence-electron chi connectivity index (χ2n) is 9.33. The number of rotatable bonds is 7. The molecule has 2 aromatic rings. The fourth-order valence-corrected chi connectivity index (χ4v) is 3.03. The van der Waals surface area contributed by atoms with Gasteiger partial charge in [-0.2, -0.15) is 0 Å². The van der Waals surface area contributed by atoms with Crippen molar-refractivity contribution in [3.05, 3.63) is 47.0 Å². The lowest BCUT2D eigenvalue weighted by Gasteiger charge is -2.27. The summed E-state index contributed by atoms with van der Waals surface area (Å²) in [6.45, 7) is 15.7. The van der Waals surface area contributed by atoms with E-state index in [0.29, 0.717) is 29.4 Å². The standard InChI is InChI=1S/C25H34O4/c1-9-12-28-23-21(27-8)13-17(16-26)14-22(23)29-20-11-10-18(24(2,3)4)15-19(20)25(5,6)7/h10-11,13-16H,9,12H2,1-8H3. The van der Waals surface area contributed by atoms with E-state index in [1.165, 1.54) is 5.56 Å². The van der Waals surface area contributed by atoms with Gasteiger partial charge in [-0.25, -0.2) is 0 Å². The van der Waals surface area contributed by atoms with Crippen molar-refractivity contribution in [1.29, 1.82) is 0 Å². The molecular weight excluding hydrogens is 364 g/mol. The summed E-state index contributed by atoms with van der Waals surface area (Å²) < 4.78 is 17.7. The van der Waals surface area contributed by atoms with E-state index in [1.807, 2.05) is 13.0 Å². The highest BCUT2D eigenvalue weighted by Gasteiger charge is 2.25. The molecule has 0 spiro atoms. The van der Waals surface area contributed by atoms with Crippen molar-refractivity contribution in [2.45, 2.75) is 65.7 Å². The van der Waals surface area contributed by atoms with Crippen molar-refractivity contribution in [2.75, 3.05) is 13.7 Å². The van der Waals surface area contributed by atoms with Gasteiger partial charge in [0.25, 0.3) is 0 Å². The quantitative estimate of drug-likeness (QED) is 0.488. The number of aldehydes is 1. The maximum Gasteiger partial charge on any atom is 0.204 e. The van der Waals surface area contributed by atoms with E-state index in [9.17, 15) is 4.79 Å². The van der Waals surface area contributed by atoms with Crippen molar-refractivity contribution in [2.24, 2.45) is 0 Å². The molecule has 0 radical (unpaired) electrons. The smallest absolute Gasteiger partial charge is 0.204 e. The molecule has 0 atom stereocenters. The minimum absolute atomic E-state index is 0.0363. The van der Waals surface area contributed by atoms with Gasteiger partial charge in [-0.05, 0) is 41.0 Å². The Morgan fingerprint density at radius 3 is 2.07 bits per heavy atom. The van der Waals surface area contributed by atoms with Crippen molar-refractivity contribution in [3.8, 4) is 23.0 Å². The Morgan fingerprint density at radius 1 is 0.897 bits per heavy atom. The Labute approximate surface area is 175 Å². The number of hydrogen-bond acceptors (Lipinski definition) is 4.